The number of amides is 1. The summed E-state index contributed by atoms with van der Waals surface area (Å²) in [6.07, 6.45) is 4.39. The molecule has 1 heterocycles. The molecule has 2 rings (SSSR count). The number of halogens is 1. The van der Waals surface area contributed by atoms with Crippen molar-refractivity contribution in [2.75, 3.05) is 0 Å². The van der Waals surface area contributed by atoms with Crippen LogP contribution in [0.15, 0.2) is 18.3 Å². The maximum absolute atomic E-state index is 13.4. The number of hydrogen-bond acceptors (Lipinski definition) is 2. The molecule has 3 atom stereocenters. The molecule has 1 fully saturated rings. The first kappa shape index (κ1) is 13.0. The largest absolute Gasteiger partial charge is 0.349 e. The first-order valence-electron chi connectivity index (χ1n) is 6.49. The molecule has 0 aliphatic heterocycles. The molecule has 0 spiro atoms. The van der Waals surface area contributed by atoms with Gasteiger partial charge in [-0.1, -0.05) is 13.8 Å². The van der Waals surface area contributed by atoms with Crippen molar-refractivity contribution in [1.29, 1.82) is 0 Å². The summed E-state index contributed by atoms with van der Waals surface area (Å²) in [5.41, 5.74) is 0.0313. The third kappa shape index (κ3) is 2.86. The van der Waals surface area contributed by atoms with Gasteiger partial charge in [0, 0.05) is 12.2 Å². The SMILES string of the molecule is CC1CCC(NC(=O)c2cccnc2F)CC1C. The van der Waals surface area contributed by atoms with E-state index in [9.17, 15) is 9.18 Å². The van der Waals surface area contributed by atoms with Crippen LogP contribution in [0.4, 0.5) is 4.39 Å². The number of hydrogen-bond donors (Lipinski definition) is 1. The van der Waals surface area contributed by atoms with Gasteiger partial charge < -0.3 is 5.32 Å². The Morgan fingerprint density at radius 1 is 1.39 bits per heavy atom. The predicted octanol–water partition coefficient (Wildman–Crippen LogP) is 2.78. The van der Waals surface area contributed by atoms with E-state index in [1.165, 1.54) is 12.3 Å². The fourth-order valence-electron chi connectivity index (χ4n) is 2.50. The lowest BCUT2D eigenvalue weighted by molar-refractivity contribution is 0.0905. The summed E-state index contributed by atoms with van der Waals surface area (Å²) in [7, 11) is 0. The zero-order valence-corrected chi connectivity index (χ0v) is 10.8. The van der Waals surface area contributed by atoms with Crippen LogP contribution in [0.5, 0.6) is 0 Å². The number of carbonyl (C=O) groups is 1. The second kappa shape index (κ2) is 5.46. The van der Waals surface area contributed by atoms with Gasteiger partial charge in [-0.05, 0) is 43.2 Å². The summed E-state index contributed by atoms with van der Waals surface area (Å²) in [4.78, 5) is 15.4. The van der Waals surface area contributed by atoms with E-state index in [0.29, 0.717) is 11.8 Å². The average molecular weight is 250 g/mol. The normalized spacial score (nSPS) is 27.8. The molecule has 1 amide bonds. The number of carbonyl (C=O) groups excluding carboxylic acids is 1. The van der Waals surface area contributed by atoms with Gasteiger partial charge in [0.25, 0.3) is 5.91 Å². The molecule has 3 nitrogen and oxygen atoms in total. The van der Waals surface area contributed by atoms with Crippen LogP contribution in [0.1, 0.15) is 43.5 Å². The van der Waals surface area contributed by atoms with Gasteiger partial charge in [0.05, 0.1) is 5.56 Å². The van der Waals surface area contributed by atoms with Crippen LogP contribution in [-0.4, -0.2) is 16.9 Å². The Hall–Kier alpha value is -1.45. The minimum absolute atomic E-state index is 0.0313. The van der Waals surface area contributed by atoms with E-state index >= 15 is 0 Å². The smallest absolute Gasteiger partial charge is 0.256 e. The number of pyridine rings is 1. The van der Waals surface area contributed by atoms with Gasteiger partial charge in [0.15, 0.2) is 0 Å². The standard InChI is InChI=1S/C14H19FN2O/c1-9-5-6-11(8-10(9)2)17-14(18)12-4-3-7-16-13(12)15/h3-4,7,9-11H,5-6,8H2,1-2H3,(H,17,18). The Labute approximate surface area is 107 Å². The third-order valence-electron chi connectivity index (χ3n) is 3.94. The summed E-state index contributed by atoms with van der Waals surface area (Å²) in [5.74, 6) is 0.246. The quantitative estimate of drug-likeness (QED) is 0.820. The van der Waals surface area contributed by atoms with E-state index in [-0.39, 0.29) is 17.5 Å². The van der Waals surface area contributed by atoms with Crippen LogP contribution in [0.3, 0.4) is 0 Å². The van der Waals surface area contributed by atoms with E-state index in [1.807, 2.05) is 0 Å². The molecule has 4 heteroatoms. The molecular formula is C14H19FN2O. The molecule has 1 aliphatic rings. The summed E-state index contributed by atoms with van der Waals surface area (Å²) < 4.78 is 13.4. The van der Waals surface area contributed by atoms with E-state index in [1.54, 1.807) is 6.07 Å². The molecule has 1 N–H and O–H groups in total. The fourth-order valence-corrected chi connectivity index (χ4v) is 2.50. The summed E-state index contributed by atoms with van der Waals surface area (Å²) in [6, 6.07) is 3.19. The lowest BCUT2D eigenvalue weighted by Crippen LogP contribution is -2.40. The lowest BCUT2D eigenvalue weighted by atomic mass is 9.79. The van der Waals surface area contributed by atoms with Crippen molar-refractivity contribution >= 4 is 5.91 Å². The number of aromatic nitrogens is 1. The molecular weight excluding hydrogens is 231 g/mol. The minimum atomic E-state index is -0.702. The second-order valence-corrected chi connectivity index (χ2v) is 5.28. The van der Waals surface area contributed by atoms with Crippen LogP contribution in [-0.2, 0) is 0 Å². The minimum Gasteiger partial charge on any atom is -0.349 e. The molecule has 0 bridgehead atoms. The molecule has 98 valence electrons. The predicted molar refractivity (Wildman–Crippen MR) is 67.6 cm³/mol. The van der Waals surface area contributed by atoms with Crippen molar-refractivity contribution in [3.05, 3.63) is 29.8 Å². The van der Waals surface area contributed by atoms with Crippen molar-refractivity contribution < 1.29 is 9.18 Å². The highest BCUT2D eigenvalue weighted by atomic mass is 19.1. The Morgan fingerprint density at radius 3 is 2.83 bits per heavy atom. The number of nitrogens with one attached hydrogen (secondary N) is 1. The molecule has 1 aliphatic carbocycles. The Bertz CT molecular complexity index is 436. The molecule has 1 saturated carbocycles. The van der Waals surface area contributed by atoms with E-state index in [4.69, 9.17) is 0 Å². The third-order valence-corrected chi connectivity index (χ3v) is 3.94. The second-order valence-electron chi connectivity index (χ2n) is 5.28. The van der Waals surface area contributed by atoms with Crippen molar-refractivity contribution in [3.8, 4) is 0 Å². The molecule has 0 radical (unpaired) electrons. The Morgan fingerprint density at radius 2 is 2.17 bits per heavy atom. The number of nitrogens with zero attached hydrogens (tertiary/aromatic N) is 1. The first-order chi connectivity index (χ1) is 8.58. The molecule has 0 saturated heterocycles. The van der Waals surface area contributed by atoms with Crippen LogP contribution in [0, 0.1) is 17.8 Å². The molecule has 3 unspecified atom stereocenters. The van der Waals surface area contributed by atoms with Crippen LogP contribution >= 0.6 is 0 Å². The van der Waals surface area contributed by atoms with E-state index < -0.39 is 5.95 Å². The van der Waals surface area contributed by atoms with Gasteiger partial charge in [0.1, 0.15) is 0 Å². The van der Waals surface area contributed by atoms with Gasteiger partial charge in [-0.25, -0.2) is 4.98 Å². The van der Waals surface area contributed by atoms with Crippen molar-refractivity contribution in [3.63, 3.8) is 0 Å². The monoisotopic (exact) mass is 250 g/mol. The van der Waals surface area contributed by atoms with Crippen LogP contribution < -0.4 is 5.32 Å². The Kier molecular flexibility index (Phi) is 3.94. The zero-order chi connectivity index (χ0) is 13.1. The van der Waals surface area contributed by atoms with Gasteiger partial charge in [-0.2, -0.15) is 4.39 Å². The lowest BCUT2D eigenvalue weighted by Gasteiger charge is -2.32. The highest BCUT2D eigenvalue weighted by Crippen LogP contribution is 2.29. The Balaban J connectivity index is 1.98. The van der Waals surface area contributed by atoms with Crippen molar-refractivity contribution in [1.82, 2.24) is 10.3 Å². The van der Waals surface area contributed by atoms with Gasteiger partial charge in [-0.15, -0.1) is 0 Å². The van der Waals surface area contributed by atoms with Crippen LogP contribution in [0.2, 0.25) is 0 Å². The van der Waals surface area contributed by atoms with E-state index in [2.05, 4.69) is 24.1 Å². The van der Waals surface area contributed by atoms with Crippen molar-refractivity contribution in [2.24, 2.45) is 11.8 Å². The highest BCUT2D eigenvalue weighted by Gasteiger charge is 2.26. The summed E-state index contributed by atoms with van der Waals surface area (Å²) in [5, 5.41) is 2.91. The number of rotatable bonds is 2. The average Bonchev–Trinajstić information content (AvgIpc) is 2.34. The summed E-state index contributed by atoms with van der Waals surface area (Å²) >= 11 is 0. The topological polar surface area (TPSA) is 42.0 Å². The zero-order valence-electron chi connectivity index (χ0n) is 10.8. The van der Waals surface area contributed by atoms with Gasteiger partial charge in [0.2, 0.25) is 5.95 Å². The fraction of sp³-hybridized carbons (Fsp3) is 0.571. The molecule has 1 aromatic heterocycles. The van der Waals surface area contributed by atoms with Crippen LogP contribution in [0.25, 0.3) is 0 Å². The maximum Gasteiger partial charge on any atom is 0.256 e. The molecule has 18 heavy (non-hydrogen) atoms. The van der Waals surface area contributed by atoms with Crippen molar-refractivity contribution in [2.45, 2.75) is 39.2 Å². The van der Waals surface area contributed by atoms with Gasteiger partial charge in [-0.3, -0.25) is 4.79 Å². The first-order valence-corrected chi connectivity index (χ1v) is 6.49. The molecule has 0 aromatic carbocycles. The highest BCUT2D eigenvalue weighted by molar-refractivity contribution is 5.94. The van der Waals surface area contributed by atoms with E-state index in [0.717, 1.165) is 19.3 Å². The maximum atomic E-state index is 13.4. The summed E-state index contributed by atoms with van der Waals surface area (Å²) in [6.45, 7) is 4.44. The molecule has 1 aromatic rings. The van der Waals surface area contributed by atoms with Gasteiger partial charge >= 0.3 is 0 Å².